The number of benzene rings is 1. The first kappa shape index (κ1) is 19.6. The summed E-state index contributed by atoms with van der Waals surface area (Å²) in [5.74, 6) is -1.12. The molecule has 0 spiro atoms. The molecule has 0 aliphatic carbocycles. The van der Waals surface area contributed by atoms with E-state index < -0.39 is 24.0 Å². The summed E-state index contributed by atoms with van der Waals surface area (Å²) in [7, 11) is 1.40. The summed E-state index contributed by atoms with van der Waals surface area (Å²) in [6.07, 6.45) is -1.37. The number of urea groups is 1. The van der Waals surface area contributed by atoms with Crippen molar-refractivity contribution in [1.29, 1.82) is 0 Å². The van der Waals surface area contributed by atoms with Crippen molar-refractivity contribution >= 4 is 29.5 Å². The maximum absolute atomic E-state index is 12.1. The maximum Gasteiger partial charge on any atom is 0.339 e. The van der Waals surface area contributed by atoms with Crippen molar-refractivity contribution in [3.63, 3.8) is 0 Å². The summed E-state index contributed by atoms with van der Waals surface area (Å²) in [6, 6.07) is 1.68. The number of ether oxygens (including phenoxy) is 3. The van der Waals surface area contributed by atoms with Gasteiger partial charge in [-0.05, 0) is 32.9 Å². The van der Waals surface area contributed by atoms with E-state index >= 15 is 0 Å². The van der Waals surface area contributed by atoms with Gasteiger partial charge in [-0.25, -0.2) is 9.59 Å². The van der Waals surface area contributed by atoms with E-state index in [9.17, 15) is 14.4 Å². The number of nitrogens with two attached hydrogens (primary N) is 1. The number of primary amides is 1. The Hall–Kier alpha value is -2.48. The third kappa shape index (κ3) is 5.31. The first-order valence-electron chi connectivity index (χ1n) is 7.01. The maximum atomic E-state index is 12.1. The number of rotatable bonds is 6. The van der Waals surface area contributed by atoms with Gasteiger partial charge in [0.2, 0.25) is 0 Å². The summed E-state index contributed by atoms with van der Waals surface area (Å²) in [6.45, 7) is 4.93. The first-order chi connectivity index (χ1) is 11.1. The van der Waals surface area contributed by atoms with E-state index in [1.807, 2.05) is 19.2 Å². The number of carbonyl (C=O) groups excluding carboxylic acids is 3. The first-order valence-corrected chi connectivity index (χ1v) is 7.39. The minimum atomic E-state index is -1.22. The van der Waals surface area contributed by atoms with Crippen molar-refractivity contribution in [1.82, 2.24) is 5.32 Å². The summed E-state index contributed by atoms with van der Waals surface area (Å²) in [5.41, 5.74) is 4.89. The number of hydrogen-bond acceptors (Lipinski definition) is 6. The minimum absolute atomic E-state index is 0.0617. The highest BCUT2D eigenvalue weighted by atomic mass is 35.5. The van der Waals surface area contributed by atoms with Crippen molar-refractivity contribution in [2.45, 2.75) is 33.0 Å². The summed E-state index contributed by atoms with van der Waals surface area (Å²) >= 11 is 6.12. The fourth-order valence-electron chi connectivity index (χ4n) is 1.69. The van der Waals surface area contributed by atoms with E-state index in [2.05, 4.69) is 0 Å². The average Bonchev–Trinajstić information content (AvgIpc) is 2.47. The third-order valence-electron chi connectivity index (χ3n) is 2.72. The molecular formula is C15H19ClN2O6. The Morgan fingerprint density at radius 1 is 1.21 bits per heavy atom. The molecule has 0 saturated heterocycles. The summed E-state index contributed by atoms with van der Waals surface area (Å²) in [5, 5.41) is 1.97. The number of halogens is 1. The van der Waals surface area contributed by atoms with Gasteiger partial charge in [0.05, 0.1) is 23.8 Å². The monoisotopic (exact) mass is 358 g/mol. The molecular weight excluding hydrogens is 340 g/mol. The van der Waals surface area contributed by atoms with Crippen molar-refractivity contribution in [3.05, 3.63) is 22.7 Å². The highest BCUT2D eigenvalue weighted by Crippen LogP contribution is 2.37. The molecule has 1 aromatic rings. The van der Waals surface area contributed by atoms with Crippen molar-refractivity contribution in [3.8, 4) is 11.5 Å². The fraction of sp³-hybridized carbons (Fsp3) is 0.400. The zero-order chi connectivity index (χ0) is 18.4. The molecule has 0 radical (unpaired) electrons. The SMILES string of the molecule is COc1cc(C(=O)O[C@@H](C)C(=O)NC(N)=O)cc(Cl)c1OC(C)C. The third-order valence-corrected chi connectivity index (χ3v) is 3.00. The molecule has 1 atom stereocenters. The average molecular weight is 359 g/mol. The Bertz CT molecular complexity index is 647. The molecule has 0 unspecified atom stereocenters. The summed E-state index contributed by atoms with van der Waals surface area (Å²) in [4.78, 5) is 34.3. The smallest absolute Gasteiger partial charge is 0.339 e. The number of carbonyl (C=O) groups is 3. The Balaban J connectivity index is 2.97. The molecule has 3 amide bonds. The van der Waals surface area contributed by atoms with Gasteiger partial charge >= 0.3 is 12.0 Å². The molecule has 0 fully saturated rings. The molecule has 0 aromatic heterocycles. The topological polar surface area (TPSA) is 117 Å². The Labute approximate surface area is 144 Å². The number of methoxy groups -OCH3 is 1. The fourth-order valence-corrected chi connectivity index (χ4v) is 1.95. The van der Waals surface area contributed by atoms with Gasteiger partial charge in [-0.1, -0.05) is 11.6 Å². The second-order valence-electron chi connectivity index (χ2n) is 5.06. The number of hydrogen-bond donors (Lipinski definition) is 2. The highest BCUT2D eigenvalue weighted by molar-refractivity contribution is 6.32. The molecule has 0 aliphatic rings. The Morgan fingerprint density at radius 2 is 1.83 bits per heavy atom. The van der Waals surface area contributed by atoms with E-state index in [-0.39, 0.29) is 22.4 Å². The van der Waals surface area contributed by atoms with Crippen LogP contribution in [0.4, 0.5) is 4.79 Å². The predicted molar refractivity (Wildman–Crippen MR) is 86.4 cm³/mol. The predicted octanol–water partition coefficient (Wildman–Crippen LogP) is 1.88. The van der Waals surface area contributed by atoms with E-state index in [0.29, 0.717) is 5.75 Å². The molecule has 0 bridgehead atoms. The van der Waals surface area contributed by atoms with Crippen LogP contribution in [0.2, 0.25) is 5.02 Å². The van der Waals surface area contributed by atoms with Gasteiger partial charge in [-0.15, -0.1) is 0 Å². The van der Waals surface area contributed by atoms with E-state index in [1.165, 1.54) is 26.2 Å². The van der Waals surface area contributed by atoms with E-state index in [4.69, 9.17) is 31.5 Å². The van der Waals surface area contributed by atoms with Crippen molar-refractivity contribution in [2.75, 3.05) is 7.11 Å². The van der Waals surface area contributed by atoms with Gasteiger partial charge in [0.25, 0.3) is 5.91 Å². The van der Waals surface area contributed by atoms with Gasteiger partial charge in [-0.3, -0.25) is 10.1 Å². The van der Waals surface area contributed by atoms with E-state index in [1.54, 1.807) is 0 Å². The molecule has 24 heavy (non-hydrogen) atoms. The van der Waals surface area contributed by atoms with Gasteiger partial charge in [0.15, 0.2) is 17.6 Å². The van der Waals surface area contributed by atoms with Gasteiger partial charge in [-0.2, -0.15) is 0 Å². The van der Waals surface area contributed by atoms with Crippen LogP contribution in [0.5, 0.6) is 11.5 Å². The molecule has 132 valence electrons. The van der Waals surface area contributed by atoms with Crippen LogP contribution >= 0.6 is 11.6 Å². The van der Waals surface area contributed by atoms with Crippen LogP contribution in [-0.2, 0) is 9.53 Å². The van der Waals surface area contributed by atoms with Crippen LogP contribution in [0.3, 0.4) is 0 Å². The number of amides is 3. The number of imide groups is 1. The molecule has 0 saturated carbocycles. The van der Waals surface area contributed by atoms with Crippen molar-refractivity contribution in [2.24, 2.45) is 5.73 Å². The lowest BCUT2D eigenvalue weighted by atomic mass is 10.2. The van der Waals surface area contributed by atoms with Crippen LogP contribution in [0, 0.1) is 0 Å². The second kappa shape index (κ2) is 8.39. The van der Waals surface area contributed by atoms with E-state index in [0.717, 1.165) is 0 Å². The molecule has 0 aliphatic heterocycles. The van der Waals surface area contributed by atoms with Gasteiger partial charge in [0.1, 0.15) is 0 Å². The van der Waals surface area contributed by atoms with Gasteiger partial charge < -0.3 is 19.9 Å². The van der Waals surface area contributed by atoms with Crippen LogP contribution in [0.25, 0.3) is 0 Å². The normalized spacial score (nSPS) is 11.6. The van der Waals surface area contributed by atoms with Crippen LogP contribution in [0.1, 0.15) is 31.1 Å². The minimum Gasteiger partial charge on any atom is -0.493 e. The zero-order valence-electron chi connectivity index (χ0n) is 13.7. The Kier molecular flexibility index (Phi) is 6.84. The second-order valence-corrected chi connectivity index (χ2v) is 5.46. The van der Waals surface area contributed by atoms with Crippen LogP contribution in [0.15, 0.2) is 12.1 Å². The lowest BCUT2D eigenvalue weighted by molar-refractivity contribution is -0.127. The lowest BCUT2D eigenvalue weighted by Crippen LogP contribution is -2.42. The molecule has 1 rings (SSSR count). The molecule has 9 heteroatoms. The zero-order valence-corrected chi connectivity index (χ0v) is 14.5. The van der Waals surface area contributed by atoms with Crippen molar-refractivity contribution < 1.29 is 28.6 Å². The molecule has 0 heterocycles. The standard InChI is InChI=1S/C15H19ClN2O6/c1-7(2)23-12-10(16)5-9(6-11(12)22-4)14(20)24-8(3)13(19)18-15(17)21/h5-8H,1-4H3,(H3,17,18,19,21)/t8-/m0/s1. The largest absolute Gasteiger partial charge is 0.493 e. The lowest BCUT2D eigenvalue weighted by Gasteiger charge is -2.17. The Morgan fingerprint density at radius 3 is 2.33 bits per heavy atom. The van der Waals surface area contributed by atoms with Crippen LogP contribution in [-0.4, -0.2) is 37.2 Å². The number of esters is 1. The number of nitrogens with one attached hydrogen (secondary N) is 1. The van der Waals surface area contributed by atoms with Gasteiger partial charge in [0, 0.05) is 0 Å². The highest BCUT2D eigenvalue weighted by Gasteiger charge is 2.22. The molecule has 3 N–H and O–H groups in total. The summed E-state index contributed by atoms with van der Waals surface area (Å²) < 4.78 is 15.7. The molecule has 8 nitrogen and oxygen atoms in total. The molecule has 1 aromatic carbocycles. The van der Waals surface area contributed by atoms with Crippen LogP contribution < -0.4 is 20.5 Å². The quantitative estimate of drug-likeness (QED) is 0.750.